The van der Waals surface area contributed by atoms with Gasteiger partial charge in [0.05, 0.1) is 17.3 Å². The predicted octanol–water partition coefficient (Wildman–Crippen LogP) is 3.11. The Labute approximate surface area is 172 Å². The van der Waals surface area contributed by atoms with Crippen LogP contribution in [0.15, 0.2) is 35.5 Å². The smallest absolute Gasteiger partial charge is 0.155 e. The molecule has 0 atom stereocenters. The van der Waals surface area contributed by atoms with Crippen molar-refractivity contribution < 1.29 is 79.1 Å². The Morgan fingerprint density at radius 1 is 0.545 bits per heavy atom. The maximum atomic E-state index is 10.0. The fourth-order valence-corrected chi connectivity index (χ4v) is 0.882. The average molecular weight is 452 g/mol. The molecule has 0 saturated carbocycles. The maximum Gasteiger partial charge on any atom is 0.155 e. The molecule has 0 unspecified atom stereocenters. The van der Waals surface area contributed by atoms with Gasteiger partial charge >= 0.3 is 0 Å². The van der Waals surface area contributed by atoms with E-state index < -0.39 is 0 Å². The molecule has 0 aromatic heterocycles. The van der Waals surface area contributed by atoms with E-state index in [9.17, 15) is 14.4 Å². The molecule has 0 amide bonds. The number of aliphatic hydroxyl groups excluding tert-OH is 3. The second kappa shape index (κ2) is 18.3. The third-order valence-corrected chi connectivity index (χ3v) is 1.24. The third-order valence-electron chi connectivity index (χ3n) is 1.24. The molecule has 0 saturated heterocycles. The number of allylic oxidation sites excluding steroid dienone is 6. The van der Waals surface area contributed by atoms with Crippen molar-refractivity contribution in [3.63, 3.8) is 0 Å². The van der Waals surface area contributed by atoms with Crippen LogP contribution in [0.5, 0.6) is 0 Å². The molecule has 0 aromatic rings. The van der Waals surface area contributed by atoms with Gasteiger partial charge in [-0.15, -0.1) is 0 Å². The number of hydrogen-bond acceptors (Lipinski definition) is 6. The van der Waals surface area contributed by atoms with Crippen LogP contribution in [0.2, 0.25) is 0 Å². The van der Waals surface area contributed by atoms with Crippen molar-refractivity contribution in [2.24, 2.45) is 0 Å². The number of ketones is 3. The van der Waals surface area contributed by atoms with Crippen LogP contribution in [0.1, 0.15) is 41.5 Å². The number of carbonyl (C=O) groups is 3. The average Bonchev–Trinajstić information content (AvgIpc) is 2.10. The van der Waals surface area contributed by atoms with E-state index in [1.54, 1.807) is 0 Å². The quantitative estimate of drug-likeness (QED) is 0.448. The standard InChI is InChI=1S/3C5H8O2.Eu/c3*1-4(6)3-5(2)7;/h3*3,6H,1-2H3;/b3*4-3+;. The zero-order chi connectivity index (χ0) is 17.6. The molecule has 22 heavy (non-hydrogen) atoms. The normalized spacial score (nSPS) is 10.9. The topological polar surface area (TPSA) is 112 Å². The first-order chi connectivity index (χ1) is 9.38. The first-order valence-electron chi connectivity index (χ1n) is 6.02. The molecule has 3 N–H and O–H groups in total. The van der Waals surface area contributed by atoms with Gasteiger partial charge in [-0.3, -0.25) is 14.4 Å². The minimum absolute atomic E-state index is 0. The van der Waals surface area contributed by atoms with Gasteiger partial charge in [-0.05, 0) is 41.5 Å². The van der Waals surface area contributed by atoms with Gasteiger partial charge in [0.1, 0.15) is 0 Å². The fraction of sp³-hybridized carbons (Fsp3) is 0.400. The van der Waals surface area contributed by atoms with E-state index in [-0.39, 0.29) is 84.0 Å². The largest absolute Gasteiger partial charge is 0.512 e. The molecule has 0 aliphatic heterocycles. The zero-order valence-corrected chi connectivity index (χ0v) is 16.1. The SMILES string of the molecule is CC(=O)/C=C(\C)O.CC(=O)/C=C(\C)O.CC(=O)/C=C(\C)O.[Eu]. The molecular weight excluding hydrogens is 428 g/mol. The molecule has 0 aromatic carbocycles. The molecule has 0 fully saturated rings. The van der Waals surface area contributed by atoms with Crippen molar-refractivity contribution in [3.8, 4) is 0 Å². The van der Waals surface area contributed by atoms with E-state index in [4.69, 9.17) is 15.3 Å². The summed E-state index contributed by atoms with van der Waals surface area (Å²) in [5.41, 5.74) is 0. The Morgan fingerprint density at radius 3 is 0.682 bits per heavy atom. The Kier molecular flexibility index (Phi) is 24.3. The van der Waals surface area contributed by atoms with Gasteiger partial charge < -0.3 is 15.3 Å². The van der Waals surface area contributed by atoms with Crippen molar-refractivity contribution in [3.05, 3.63) is 35.5 Å². The van der Waals surface area contributed by atoms with E-state index in [0.29, 0.717) is 0 Å². The molecule has 0 aliphatic carbocycles. The molecule has 127 valence electrons. The summed E-state index contributed by atoms with van der Waals surface area (Å²) in [6.45, 7) is 8.54. The molecule has 7 heteroatoms. The number of hydrogen-bond donors (Lipinski definition) is 3. The summed E-state index contributed by atoms with van der Waals surface area (Å²) in [7, 11) is 0. The molecule has 0 rings (SSSR count). The van der Waals surface area contributed by atoms with Crippen molar-refractivity contribution >= 4 is 17.3 Å². The minimum Gasteiger partial charge on any atom is -0.512 e. The second-order valence-electron chi connectivity index (χ2n) is 4.19. The van der Waals surface area contributed by atoms with Crippen LogP contribution in [0.25, 0.3) is 0 Å². The van der Waals surface area contributed by atoms with Crippen LogP contribution < -0.4 is 0 Å². The molecular formula is C15H24EuO6. The Hall–Kier alpha value is -0.786. The number of rotatable bonds is 3. The van der Waals surface area contributed by atoms with E-state index >= 15 is 0 Å². The van der Waals surface area contributed by atoms with Crippen molar-refractivity contribution in [2.45, 2.75) is 41.5 Å². The summed E-state index contributed by atoms with van der Waals surface area (Å²) in [6, 6.07) is 0. The van der Waals surface area contributed by atoms with Gasteiger partial charge in [0.25, 0.3) is 0 Å². The fourth-order valence-electron chi connectivity index (χ4n) is 0.882. The molecule has 0 aliphatic rings. The Bertz CT molecular complexity index is 368. The van der Waals surface area contributed by atoms with E-state index in [1.165, 1.54) is 59.8 Å². The summed E-state index contributed by atoms with van der Waals surface area (Å²) in [5, 5.41) is 25.1. The summed E-state index contributed by atoms with van der Waals surface area (Å²) in [4.78, 5) is 30.1. The van der Waals surface area contributed by atoms with Crippen LogP contribution in [0.4, 0.5) is 0 Å². The summed E-state index contributed by atoms with van der Waals surface area (Å²) in [5.74, 6) is -0.187. The van der Waals surface area contributed by atoms with Crippen molar-refractivity contribution in [2.75, 3.05) is 0 Å². The van der Waals surface area contributed by atoms with Crippen LogP contribution in [0, 0.1) is 49.4 Å². The van der Waals surface area contributed by atoms with E-state index in [2.05, 4.69) is 0 Å². The van der Waals surface area contributed by atoms with E-state index in [1.807, 2.05) is 0 Å². The first kappa shape index (κ1) is 29.3. The summed E-state index contributed by atoms with van der Waals surface area (Å²) in [6.07, 6.45) is 3.50. The molecule has 6 nitrogen and oxygen atoms in total. The molecule has 1 radical (unpaired) electrons. The van der Waals surface area contributed by atoms with Crippen LogP contribution in [-0.4, -0.2) is 32.7 Å². The molecule has 0 heterocycles. The summed E-state index contributed by atoms with van der Waals surface area (Å²) < 4.78 is 0. The molecule has 0 bridgehead atoms. The molecule has 0 spiro atoms. The van der Waals surface area contributed by atoms with Crippen LogP contribution >= 0.6 is 0 Å². The third kappa shape index (κ3) is 50.7. The van der Waals surface area contributed by atoms with Crippen LogP contribution in [0.3, 0.4) is 0 Å². The van der Waals surface area contributed by atoms with Gasteiger partial charge in [-0.1, -0.05) is 0 Å². The Morgan fingerprint density at radius 2 is 0.682 bits per heavy atom. The van der Waals surface area contributed by atoms with E-state index in [0.717, 1.165) is 0 Å². The van der Waals surface area contributed by atoms with Gasteiger partial charge in [0.2, 0.25) is 0 Å². The van der Waals surface area contributed by atoms with Gasteiger partial charge in [-0.2, -0.15) is 0 Å². The first-order valence-corrected chi connectivity index (χ1v) is 6.02. The maximum absolute atomic E-state index is 10.0. The number of aliphatic hydroxyl groups is 3. The van der Waals surface area contributed by atoms with Gasteiger partial charge in [0, 0.05) is 67.6 Å². The minimum atomic E-state index is -0.125. The van der Waals surface area contributed by atoms with Gasteiger partial charge in [-0.25, -0.2) is 0 Å². The monoisotopic (exact) mass is 453 g/mol. The summed E-state index contributed by atoms with van der Waals surface area (Å²) >= 11 is 0. The zero-order valence-electron chi connectivity index (χ0n) is 13.7. The second-order valence-corrected chi connectivity index (χ2v) is 4.19. The van der Waals surface area contributed by atoms with Gasteiger partial charge in [0.15, 0.2) is 17.3 Å². The van der Waals surface area contributed by atoms with Crippen molar-refractivity contribution in [1.82, 2.24) is 0 Å². The Balaban J connectivity index is -0.000000108. The number of carbonyl (C=O) groups excluding carboxylic acids is 3. The predicted molar refractivity (Wildman–Crippen MR) is 81.2 cm³/mol. The van der Waals surface area contributed by atoms with Crippen LogP contribution in [-0.2, 0) is 14.4 Å². The van der Waals surface area contributed by atoms with Crippen molar-refractivity contribution in [1.29, 1.82) is 0 Å².